The molecule has 0 fully saturated rings. The van der Waals surface area contributed by atoms with Crippen LogP contribution in [0.25, 0.3) is 17.0 Å². The van der Waals surface area contributed by atoms with E-state index in [0.717, 1.165) is 11.3 Å². The monoisotopic (exact) mass is 347 g/mol. The van der Waals surface area contributed by atoms with Crippen LogP contribution in [-0.2, 0) is 0 Å². The first-order valence-corrected chi connectivity index (χ1v) is 8.57. The zero-order chi connectivity index (χ0) is 18.5. The number of para-hydroxylation sites is 1. The van der Waals surface area contributed by atoms with Crippen molar-refractivity contribution in [2.24, 2.45) is 4.99 Å². The van der Waals surface area contributed by atoms with Crippen LogP contribution in [0.3, 0.4) is 0 Å². The molecule has 0 amide bonds. The first-order valence-electron chi connectivity index (χ1n) is 8.57. The Balaban J connectivity index is 1.70. The fourth-order valence-electron chi connectivity index (χ4n) is 2.98. The van der Waals surface area contributed by atoms with Crippen molar-refractivity contribution >= 4 is 28.9 Å². The molecule has 5 heteroatoms. The molecule has 26 heavy (non-hydrogen) atoms. The second-order valence-corrected chi connectivity index (χ2v) is 6.34. The van der Waals surface area contributed by atoms with Crippen molar-refractivity contribution in [3.05, 3.63) is 82.0 Å². The number of hydrogen-bond donors (Lipinski definition) is 0. The number of benzene rings is 2. The van der Waals surface area contributed by atoms with Crippen LogP contribution in [-0.4, -0.2) is 22.2 Å². The zero-order valence-electron chi connectivity index (χ0n) is 14.9. The van der Waals surface area contributed by atoms with Gasteiger partial charge in [-0.25, -0.2) is 0 Å². The van der Waals surface area contributed by atoms with Crippen LogP contribution in [0, 0.1) is 10.1 Å². The van der Waals surface area contributed by atoms with Crippen LogP contribution in [0.1, 0.15) is 31.1 Å². The second kappa shape index (κ2) is 7.78. The van der Waals surface area contributed by atoms with Gasteiger partial charge < -0.3 is 4.57 Å². The summed E-state index contributed by atoms with van der Waals surface area (Å²) >= 11 is 0. The molecule has 0 spiro atoms. The number of fused-ring (bicyclic) bond motifs is 1. The number of aromatic nitrogens is 1. The number of nitro benzene ring substituents is 1. The maximum atomic E-state index is 10.7. The summed E-state index contributed by atoms with van der Waals surface area (Å²) in [5.74, 6) is 0. The Morgan fingerprint density at radius 3 is 2.58 bits per heavy atom. The van der Waals surface area contributed by atoms with E-state index < -0.39 is 4.92 Å². The van der Waals surface area contributed by atoms with Crippen LogP contribution >= 0.6 is 0 Å². The number of nitrogens with zero attached hydrogens (tertiary/aromatic N) is 3. The van der Waals surface area contributed by atoms with Gasteiger partial charge in [0.15, 0.2) is 0 Å². The van der Waals surface area contributed by atoms with Crippen LogP contribution in [0.15, 0.2) is 65.7 Å². The van der Waals surface area contributed by atoms with E-state index in [4.69, 9.17) is 0 Å². The fourth-order valence-corrected chi connectivity index (χ4v) is 2.98. The lowest BCUT2D eigenvalue weighted by molar-refractivity contribution is -0.384. The third-order valence-electron chi connectivity index (χ3n) is 4.14. The lowest BCUT2D eigenvalue weighted by Gasteiger charge is -2.12. The molecular weight excluding hydrogens is 326 g/mol. The van der Waals surface area contributed by atoms with Crippen molar-refractivity contribution in [3.63, 3.8) is 0 Å². The second-order valence-electron chi connectivity index (χ2n) is 6.34. The third-order valence-corrected chi connectivity index (χ3v) is 4.14. The summed E-state index contributed by atoms with van der Waals surface area (Å²) in [5.41, 5.74) is 3.32. The molecule has 1 heterocycles. The van der Waals surface area contributed by atoms with Gasteiger partial charge in [0.05, 0.1) is 17.2 Å². The molecule has 132 valence electrons. The van der Waals surface area contributed by atoms with E-state index in [1.54, 1.807) is 12.1 Å². The Morgan fingerprint density at radius 1 is 1.15 bits per heavy atom. The maximum absolute atomic E-state index is 10.7. The summed E-state index contributed by atoms with van der Waals surface area (Å²) < 4.78 is 2.28. The molecule has 1 aromatic heterocycles. The largest absolute Gasteiger partial charge is 0.337 e. The van der Waals surface area contributed by atoms with Gasteiger partial charge in [-0.3, -0.25) is 15.1 Å². The molecule has 0 atom stereocenters. The molecule has 0 aliphatic carbocycles. The predicted molar refractivity (Wildman–Crippen MR) is 107 cm³/mol. The summed E-state index contributed by atoms with van der Waals surface area (Å²) in [6, 6.07) is 17.3. The maximum Gasteiger partial charge on any atom is 0.269 e. The fraction of sp³-hybridized carbons (Fsp3) is 0.190. The highest BCUT2D eigenvalue weighted by atomic mass is 16.6. The highest BCUT2D eigenvalue weighted by molar-refractivity contribution is 5.90. The Morgan fingerprint density at radius 2 is 1.88 bits per heavy atom. The smallest absolute Gasteiger partial charge is 0.269 e. The molecule has 0 saturated heterocycles. The van der Waals surface area contributed by atoms with Gasteiger partial charge in [0.1, 0.15) is 0 Å². The van der Waals surface area contributed by atoms with E-state index >= 15 is 0 Å². The highest BCUT2D eigenvalue weighted by Gasteiger charge is 2.09. The zero-order valence-corrected chi connectivity index (χ0v) is 14.9. The Bertz CT molecular complexity index is 967. The minimum absolute atomic E-state index is 0.0988. The van der Waals surface area contributed by atoms with Crippen LogP contribution in [0.5, 0.6) is 0 Å². The number of rotatable bonds is 6. The molecule has 0 radical (unpaired) electrons. The number of nitro groups is 1. The van der Waals surface area contributed by atoms with Crippen LogP contribution in [0.2, 0.25) is 0 Å². The Hall–Kier alpha value is -3.21. The highest BCUT2D eigenvalue weighted by Crippen LogP contribution is 2.23. The van der Waals surface area contributed by atoms with Gasteiger partial charge in [0.2, 0.25) is 0 Å². The van der Waals surface area contributed by atoms with Crippen LogP contribution in [0.4, 0.5) is 5.69 Å². The van der Waals surface area contributed by atoms with E-state index in [9.17, 15) is 10.1 Å². The predicted octanol–water partition coefficient (Wildman–Crippen LogP) is 5.26. The van der Waals surface area contributed by atoms with Gasteiger partial charge in [-0.05, 0) is 43.7 Å². The summed E-state index contributed by atoms with van der Waals surface area (Å²) in [6.45, 7) is 4.88. The average Bonchev–Trinajstić information content (AvgIpc) is 3.00. The SMILES string of the molecule is CC(C)n1c(C=NC/C=C/c2ccc([N+](=O)[O-])cc2)cc2ccccc21. The minimum atomic E-state index is -0.397. The summed E-state index contributed by atoms with van der Waals surface area (Å²) in [6.07, 6.45) is 5.76. The van der Waals surface area contributed by atoms with Crippen molar-refractivity contribution in [1.29, 1.82) is 0 Å². The molecule has 0 aliphatic rings. The molecule has 2 aromatic carbocycles. The standard InChI is InChI=1S/C21H21N3O2/c1-16(2)23-20(14-18-7-3-4-8-21(18)23)15-22-13-5-6-17-9-11-19(12-10-17)24(25)26/h3-12,14-16H,13H2,1-2H3/b6-5+,22-15?. The van der Waals surface area contributed by atoms with Crippen molar-refractivity contribution in [1.82, 2.24) is 4.57 Å². The first kappa shape index (κ1) is 17.6. The molecule has 3 rings (SSSR count). The lowest BCUT2D eigenvalue weighted by atomic mass is 10.2. The van der Waals surface area contributed by atoms with Gasteiger partial charge in [-0.1, -0.05) is 30.4 Å². The molecule has 0 saturated carbocycles. The van der Waals surface area contributed by atoms with Gasteiger partial charge >= 0.3 is 0 Å². The summed E-state index contributed by atoms with van der Waals surface area (Å²) in [7, 11) is 0. The van der Waals surface area contributed by atoms with Gasteiger partial charge in [0.25, 0.3) is 5.69 Å². The summed E-state index contributed by atoms with van der Waals surface area (Å²) in [4.78, 5) is 14.8. The van der Waals surface area contributed by atoms with E-state index in [1.807, 2.05) is 24.4 Å². The third kappa shape index (κ3) is 3.88. The van der Waals surface area contributed by atoms with Crippen molar-refractivity contribution in [2.75, 3.05) is 6.54 Å². The number of hydrogen-bond acceptors (Lipinski definition) is 3. The molecule has 0 N–H and O–H groups in total. The normalized spacial score (nSPS) is 12.0. The van der Waals surface area contributed by atoms with E-state index in [-0.39, 0.29) is 5.69 Å². The molecule has 5 nitrogen and oxygen atoms in total. The first-order chi connectivity index (χ1) is 12.6. The van der Waals surface area contributed by atoms with Crippen molar-refractivity contribution < 1.29 is 4.92 Å². The topological polar surface area (TPSA) is 60.4 Å². The molecule has 3 aromatic rings. The van der Waals surface area contributed by atoms with Gasteiger partial charge in [-0.2, -0.15) is 0 Å². The van der Waals surface area contributed by atoms with E-state index in [2.05, 4.69) is 47.7 Å². The number of aliphatic imine (C=N–C) groups is 1. The Kier molecular flexibility index (Phi) is 5.27. The summed E-state index contributed by atoms with van der Waals surface area (Å²) in [5, 5.41) is 11.9. The average molecular weight is 347 g/mol. The van der Waals surface area contributed by atoms with Gasteiger partial charge in [-0.15, -0.1) is 0 Å². The van der Waals surface area contributed by atoms with E-state index in [0.29, 0.717) is 12.6 Å². The molecule has 0 aliphatic heterocycles. The van der Waals surface area contributed by atoms with Crippen molar-refractivity contribution in [2.45, 2.75) is 19.9 Å². The van der Waals surface area contributed by atoms with Crippen molar-refractivity contribution in [3.8, 4) is 0 Å². The lowest BCUT2D eigenvalue weighted by Crippen LogP contribution is -2.04. The van der Waals surface area contributed by atoms with Gasteiger partial charge in [0, 0.05) is 35.3 Å². The Labute approximate surface area is 152 Å². The quantitative estimate of drug-likeness (QED) is 0.347. The minimum Gasteiger partial charge on any atom is -0.337 e. The molecular formula is C21H21N3O2. The van der Waals surface area contributed by atoms with E-state index in [1.165, 1.54) is 23.0 Å². The van der Waals surface area contributed by atoms with Crippen LogP contribution < -0.4 is 0 Å². The molecule has 0 bridgehead atoms. The number of non-ortho nitro benzene ring substituents is 1. The molecule has 0 unspecified atom stereocenters.